The molecule has 10 nitrogen and oxygen atoms in total. The smallest absolute Gasteiger partial charge is 0.322 e. The minimum absolute atomic E-state index is 0.0313. The van der Waals surface area contributed by atoms with Gasteiger partial charge in [0.2, 0.25) is 5.95 Å². The van der Waals surface area contributed by atoms with Gasteiger partial charge in [-0.1, -0.05) is 62.4 Å². The number of hydrogen-bond acceptors (Lipinski definition) is 7. The Morgan fingerprint density at radius 2 is 1.92 bits per heavy atom. The summed E-state index contributed by atoms with van der Waals surface area (Å²) >= 11 is 0. The lowest BCUT2D eigenvalue weighted by Gasteiger charge is -2.23. The van der Waals surface area contributed by atoms with E-state index in [1.165, 1.54) is 0 Å². The molecular weight excluding hydrogens is 480 g/mol. The lowest BCUT2D eigenvalue weighted by molar-refractivity contribution is 0.153. The second-order valence-electron chi connectivity index (χ2n) is 9.71. The first-order valence-electron chi connectivity index (χ1n) is 13.1. The highest BCUT2D eigenvalue weighted by molar-refractivity contribution is 5.90. The van der Waals surface area contributed by atoms with Crippen molar-refractivity contribution in [3.8, 4) is 6.01 Å². The Hall–Kier alpha value is -4.18. The van der Waals surface area contributed by atoms with Gasteiger partial charge in [0.05, 0.1) is 6.20 Å². The Morgan fingerprint density at radius 3 is 2.71 bits per heavy atom. The number of hydrogen-bond donors (Lipinski definition) is 4. The number of anilines is 2. The van der Waals surface area contributed by atoms with Crippen LogP contribution in [-0.2, 0) is 13.1 Å². The summed E-state index contributed by atoms with van der Waals surface area (Å²) in [6.45, 7) is 6.87. The fourth-order valence-electron chi connectivity index (χ4n) is 4.43. The average molecular weight is 515 g/mol. The molecule has 0 saturated carbocycles. The second kappa shape index (κ2) is 11.9. The van der Waals surface area contributed by atoms with Crippen LogP contribution in [0, 0.1) is 0 Å². The third kappa shape index (κ3) is 6.20. The average Bonchev–Trinajstić information content (AvgIpc) is 3.37. The van der Waals surface area contributed by atoms with Crippen LogP contribution in [0.15, 0.2) is 60.8 Å². The van der Waals surface area contributed by atoms with E-state index in [1.54, 1.807) is 4.52 Å². The van der Waals surface area contributed by atoms with E-state index in [4.69, 9.17) is 9.72 Å². The van der Waals surface area contributed by atoms with Crippen molar-refractivity contribution in [1.29, 1.82) is 0 Å². The third-order valence-electron chi connectivity index (χ3n) is 6.52. The zero-order valence-corrected chi connectivity index (χ0v) is 21.8. The van der Waals surface area contributed by atoms with Gasteiger partial charge in [0.1, 0.15) is 6.10 Å². The summed E-state index contributed by atoms with van der Waals surface area (Å²) in [7, 11) is 0. The number of fused-ring (bicyclic) bond motifs is 1. The highest BCUT2D eigenvalue weighted by Crippen LogP contribution is 2.24. The number of nitrogens with zero attached hydrogens (tertiary/aromatic N) is 4. The minimum atomic E-state index is -0.267. The number of nitrogens with one attached hydrogen (secondary N) is 4. The molecule has 1 fully saturated rings. The number of amides is 2. The number of carbonyl (C=O) groups is 1. The molecule has 1 aliphatic rings. The van der Waals surface area contributed by atoms with E-state index in [0.29, 0.717) is 30.7 Å². The Labute approximate surface area is 222 Å². The molecular formula is C28H34N8O2. The van der Waals surface area contributed by atoms with Crippen molar-refractivity contribution in [3.05, 3.63) is 77.5 Å². The fraction of sp³-hybridized carbons (Fsp3) is 0.357. The van der Waals surface area contributed by atoms with Crippen LogP contribution in [0.5, 0.6) is 6.01 Å². The zero-order chi connectivity index (χ0) is 26.3. The maximum absolute atomic E-state index is 12.6. The molecule has 5 rings (SSSR count). The standard InChI is InChI=1S/C28H34N8O2/c1-19(2)23-18-32-36-25(23)34-28(38-22-12-8-14-29-17-22)35-26(36)30-16-21-11-6-7-13-24(21)33-27(37)31-15-20-9-4-3-5-10-20/h3-7,9-11,13,18-19,22,29H,8,12,14-17H2,1-2H3,(H,30,34,35)(H2,31,33,37). The van der Waals surface area contributed by atoms with Crippen molar-refractivity contribution in [2.45, 2.75) is 51.8 Å². The van der Waals surface area contributed by atoms with E-state index < -0.39 is 0 Å². The summed E-state index contributed by atoms with van der Waals surface area (Å²) in [5.41, 5.74) is 4.41. The molecule has 198 valence electrons. The fourth-order valence-corrected chi connectivity index (χ4v) is 4.43. The normalized spacial score (nSPS) is 15.4. The largest absolute Gasteiger partial charge is 0.459 e. The lowest BCUT2D eigenvalue weighted by Crippen LogP contribution is -2.37. The lowest BCUT2D eigenvalue weighted by atomic mass is 10.1. The second-order valence-corrected chi connectivity index (χ2v) is 9.71. The summed E-state index contributed by atoms with van der Waals surface area (Å²) in [6.07, 6.45) is 3.89. The van der Waals surface area contributed by atoms with Crippen molar-refractivity contribution in [1.82, 2.24) is 30.2 Å². The minimum Gasteiger partial charge on any atom is -0.459 e. The van der Waals surface area contributed by atoms with Gasteiger partial charge in [0.25, 0.3) is 0 Å². The van der Waals surface area contributed by atoms with Gasteiger partial charge in [0, 0.05) is 30.9 Å². The topological polar surface area (TPSA) is 118 Å². The van der Waals surface area contributed by atoms with Crippen molar-refractivity contribution in [2.75, 3.05) is 23.7 Å². The summed E-state index contributed by atoms with van der Waals surface area (Å²) in [4.78, 5) is 22.0. The molecule has 0 radical (unpaired) electrons. The molecule has 38 heavy (non-hydrogen) atoms. The number of aromatic nitrogens is 4. The molecule has 0 bridgehead atoms. The predicted octanol–water partition coefficient (Wildman–Crippen LogP) is 4.31. The highest BCUT2D eigenvalue weighted by atomic mass is 16.5. The predicted molar refractivity (Wildman–Crippen MR) is 147 cm³/mol. The van der Waals surface area contributed by atoms with E-state index in [-0.39, 0.29) is 18.1 Å². The van der Waals surface area contributed by atoms with Gasteiger partial charge in [0.15, 0.2) is 5.65 Å². The molecule has 0 aliphatic carbocycles. The molecule has 1 atom stereocenters. The quantitative estimate of drug-likeness (QED) is 0.263. The van der Waals surface area contributed by atoms with E-state index >= 15 is 0 Å². The van der Waals surface area contributed by atoms with Crippen molar-refractivity contribution < 1.29 is 9.53 Å². The van der Waals surface area contributed by atoms with E-state index in [0.717, 1.165) is 48.3 Å². The van der Waals surface area contributed by atoms with Gasteiger partial charge in [-0.2, -0.15) is 19.6 Å². The molecule has 4 N–H and O–H groups in total. The molecule has 2 amide bonds. The van der Waals surface area contributed by atoms with E-state index in [9.17, 15) is 4.79 Å². The van der Waals surface area contributed by atoms with Gasteiger partial charge >= 0.3 is 12.0 Å². The molecule has 2 aromatic carbocycles. The van der Waals surface area contributed by atoms with Gasteiger partial charge in [-0.05, 0) is 42.5 Å². The van der Waals surface area contributed by atoms with Crippen molar-refractivity contribution in [3.63, 3.8) is 0 Å². The Bertz CT molecular complexity index is 1370. The van der Waals surface area contributed by atoms with Gasteiger partial charge in [-0.3, -0.25) is 0 Å². The van der Waals surface area contributed by atoms with Crippen LogP contribution in [0.2, 0.25) is 0 Å². The molecule has 4 aromatic rings. The van der Waals surface area contributed by atoms with Crippen LogP contribution in [-0.4, -0.2) is 44.8 Å². The number of urea groups is 1. The first kappa shape index (κ1) is 25.5. The van der Waals surface area contributed by atoms with Crippen LogP contribution in [0.1, 0.15) is 49.3 Å². The van der Waals surface area contributed by atoms with Crippen molar-refractivity contribution in [2.24, 2.45) is 0 Å². The molecule has 2 aromatic heterocycles. The summed E-state index contributed by atoms with van der Waals surface area (Å²) in [5, 5.41) is 17.2. The number of benzene rings is 2. The van der Waals surface area contributed by atoms with Crippen LogP contribution < -0.4 is 26.0 Å². The SMILES string of the molecule is CC(C)c1cnn2c(NCc3ccccc3NC(=O)NCc3ccccc3)nc(OC3CCCNC3)nc12. The molecule has 3 heterocycles. The van der Waals surface area contributed by atoms with Gasteiger partial charge in [-0.15, -0.1) is 0 Å². The Balaban J connectivity index is 1.32. The van der Waals surface area contributed by atoms with Crippen LogP contribution in [0.4, 0.5) is 16.4 Å². The van der Waals surface area contributed by atoms with E-state index in [2.05, 4.69) is 45.2 Å². The van der Waals surface area contributed by atoms with Crippen LogP contribution in [0.3, 0.4) is 0 Å². The number of carbonyl (C=O) groups excluding carboxylic acids is 1. The third-order valence-corrected chi connectivity index (χ3v) is 6.52. The van der Waals surface area contributed by atoms with E-state index in [1.807, 2.05) is 60.8 Å². The molecule has 1 aliphatic heterocycles. The van der Waals surface area contributed by atoms with Crippen LogP contribution in [0.25, 0.3) is 5.65 Å². The number of rotatable bonds is 9. The zero-order valence-electron chi connectivity index (χ0n) is 21.8. The van der Waals surface area contributed by atoms with Gasteiger partial charge < -0.3 is 26.0 Å². The Morgan fingerprint density at radius 1 is 1.11 bits per heavy atom. The molecule has 0 spiro atoms. The number of ether oxygens (including phenoxy) is 1. The molecule has 10 heteroatoms. The number of para-hydroxylation sites is 1. The highest BCUT2D eigenvalue weighted by Gasteiger charge is 2.20. The first-order chi connectivity index (χ1) is 18.6. The first-order valence-corrected chi connectivity index (χ1v) is 13.1. The molecule has 1 unspecified atom stereocenters. The maximum Gasteiger partial charge on any atom is 0.322 e. The summed E-state index contributed by atoms with van der Waals surface area (Å²) < 4.78 is 7.88. The van der Waals surface area contributed by atoms with Gasteiger partial charge in [-0.25, -0.2) is 4.79 Å². The van der Waals surface area contributed by atoms with Crippen LogP contribution >= 0.6 is 0 Å². The summed E-state index contributed by atoms with van der Waals surface area (Å²) in [6, 6.07) is 17.5. The van der Waals surface area contributed by atoms with Crippen molar-refractivity contribution >= 4 is 23.3 Å². The monoisotopic (exact) mass is 514 g/mol. The maximum atomic E-state index is 12.6. The Kier molecular flexibility index (Phi) is 7.98. The summed E-state index contributed by atoms with van der Waals surface area (Å²) in [5.74, 6) is 0.780. The number of piperidine rings is 1. The molecule has 1 saturated heterocycles.